The highest BCUT2D eigenvalue weighted by Crippen LogP contribution is 2.24. The fraction of sp³-hybridized carbons (Fsp3) is 0.118. The largest absolute Gasteiger partial charge is 0.495 e. The number of aromatic nitrogens is 3. The zero-order chi connectivity index (χ0) is 14.2. The van der Waals surface area contributed by atoms with Crippen LogP contribution in [-0.2, 0) is 6.42 Å². The SMILES string of the molecule is COc1cnc2[nH]cc(Cc3ccc4cc[nH]c4c3)c2c1. The first-order chi connectivity index (χ1) is 10.3. The number of methoxy groups -OCH3 is 1. The van der Waals surface area contributed by atoms with Crippen molar-refractivity contribution >= 4 is 21.9 Å². The molecule has 21 heavy (non-hydrogen) atoms. The number of nitrogens with one attached hydrogen (secondary N) is 2. The van der Waals surface area contributed by atoms with Crippen LogP contribution < -0.4 is 4.74 Å². The quantitative estimate of drug-likeness (QED) is 0.600. The van der Waals surface area contributed by atoms with Crippen molar-refractivity contribution in [2.24, 2.45) is 0 Å². The normalized spacial score (nSPS) is 11.3. The van der Waals surface area contributed by atoms with Gasteiger partial charge in [-0.1, -0.05) is 12.1 Å². The van der Waals surface area contributed by atoms with Crippen molar-refractivity contribution in [3.63, 3.8) is 0 Å². The number of hydrogen-bond donors (Lipinski definition) is 2. The first kappa shape index (κ1) is 12.0. The summed E-state index contributed by atoms with van der Waals surface area (Å²) in [6.07, 6.45) is 6.59. The smallest absolute Gasteiger partial charge is 0.137 e. The van der Waals surface area contributed by atoms with Crippen LogP contribution in [0.1, 0.15) is 11.1 Å². The molecule has 0 unspecified atom stereocenters. The number of fused-ring (bicyclic) bond motifs is 2. The van der Waals surface area contributed by atoms with Gasteiger partial charge >= 0.3 is 0 Å². The van der Waals surface area contributed by atoms with E-state index in [1.165, 1.54) is 22.0 Å². The Morgan fingerprint density at radius 2 is 2.10 bits per heavy atom. The third-order valence-corrected chi connectivity index (χ3v) is 3.84. The van der Waals surface area contributed by atoms with Crippen molar-refractivity contribution < 1.29 is 4.74 Å². The van der Waals surface area contributed by atoms with Crippen LogP contribution in [0.4, 0.5) is 0 Å². The summed E-state index contributed by atoms with van der Waals surface area (Å²) in [5.41, 5.74) is 4.56. The van der Waals surface area contributed by atoms with Gasteiger partial charge in [0.15, 0.2) is 0 Å². The molecule has 0 radical (unpaired) electrons. The Morgan fingerprint density at radius 1 is 1.14 bits per heavy atom. The highest BCUT2D eigenvalue weighted by molar-refractivity contribution is 5.82. The summed E-state index contributed by atoms with van der Waals surface area (Å²) in [5, 5.41) is 2.35. The van der Waals surface area contributed by atoms with Crippen molar-refractivity contribution in [1.82, 2.24) is 15.0 Å². The van der Waals surface area contributed by atoms with E-state index in [4.69, 9.17) is 4.74 Å². The first-order valence-corrected chi connectivity index (χ1v) is 6.89. The highest BCUT2D eigenvalue weighted by atomic mass is 16.5. The van der Waals surface area contributed by atoms with Crippen molar-refractivity contribution in [3.8, 4) is 5.75 Å². The molecule has 0 saturated carbocycles. The van der Waals surface area contributed by atoms with Gasteiger partial charge in [0.05, 0.1) is 13.3 Å². The topological polar surface area (TPSA) is 53.7 Å². The number of nitrogens with zero attached hydrogens (tertiary/aromatic N) is 1. The van der Waals surface area contributed by atoms with Gasteiger partial charge in [0.2, 0.25) is 0 Å². The van der Waals surface area contributed by atoms with Crippen LogP contribution in [0.25, 0.3) is 21.9 Å². The molecule has 0 aliphatic heterocycles. The lowest BCUT2D eigenvalue weighted by Crippen LogP contribution is -1.88. The number of aromatic amines is 2. The van der Waals surface area contributed by atoms with Gasteiger partial charge in [-0.05, 0) is 41.1 Å². The Kier molecular flexibility index (Phi) is 2.67. The molecule has 4 rings (SSSR count). The van der Waals surface area contributed by atoms with Crippen molar-refractivity contribution in [1.29, 1.82) is 0 Å². The molecule has 4 heteroatoms. The van der Waals surface area contributed by atoms with Crippen LogP contribution in [0, 0.1) is 0 Å². The van der Waals surface area contributed by atoms with Gasteiger partial charge in [-0.25, -0.2) is 4.98 Å². The molecule has 0 fully saturated rings. The van der Waals surface area contributed by atoms with Crippen LogP contribution in [-0.4, -0.2) is 22.1 Å². The number of pyridine rings is 1. The molecule has 0 aliphatic rings. The van der Waals surface area contributed by atoms with Gasteiger partial charge in [0, 0.05) is 23.3 Å². The monoisotopic (exact) mass is 277 g/mol. The van der Waals surface area contributed by atoms with Gasteiger partial charge in [0.25, 0.3) is 0 Å². The minimum atomic E-state index is 0.781. The van der Waals surface area contributed by atoms with Crippen LogP contribution >= 0.6 is 0 Å². The summed E-state index contributed by atoms with van der Waals surface area (Å²) in [6.45, 7) is 0. The molecule has 4 nitrogen and oxygen atoms in total. The molecule has 2 N–H and O–H groups in total. The molecule has 4 aromatic rings. The molecule has 0 bridgehead atoms. The number of H-pyrrole nitrogens is 2. The third-order valence-electron chi connectivity index (χ3n) is 3.84. The Morgan fingerprint density at radius 3 is 3.00 bits per heavy atom. The minimum absolute atomic E-state index is 0.781. The van der Waals surface area contributed by atoms with E-state index in [1.807, 2.05) is 18.5 Å². The fourth-order valence-corrected chi connectivity index (χ4v) is 2.72. The van der Waals surface area contributed by atoms with E-state index in [-0.39, 0.29) is 0 Å². The Labute approximate surface area is 121 Å². The maximum atomic E-state index is 5.26. The lowest BCUT2D eigenvalue weighted by molar-refractivity contribution is 0.413. The molecule has 0 atom stereocenters. The average molecular weight is 277 g/mol. The summed E-state index contributed by atoms with van der Waals surface area (Å²) < 4.78 is 5.26. The summed E-state index contributed by atoms with van der Waals surface area (Å²) in [5.74, 6) is 0.781. The van der Waals surface area contributed by atoms with E-state index in [9.17, 15) is 0 Å². The second-order valence-corrected chi connectivity index (χ2v) is 5.16. The lowest BCUT2D eigenvalue weighted by atomic mass is 10.0. The van der Waals surface area contributed by atoms with E-state index in [1.54, 1.807) is 13.3 Å². The second kappa shape index (κ2) is 4.66. The van der Waals surface area contributed by atoms with Gasteiger partial charge in [-0.3, -0.25) is 0 Å². The van der Waals surface area contributed by atoms with Crippen molar-refractivity contribution in [2.75, 3.05) is 7.11 Å². The number of hydrogen-bond acceptors (Lipinski definition) is 2. The molecule has 1 aromatic carbocycles. The Bertz CT molecular complexity index is 920. The van der Waals surface area contributed by atoms with Crippen LogP contribution in [0.15, 0.2) is 48.9 Å². The zero-order valence-electron chi connectivity index (χ0n) is 11.7. The van der Waals surface area contributed by atoms with Crippen LogP contribution in [0.2, 0.25) is 0 Å². The van der Waals surface area contributed by atoms with Crippen LogP contribution in [0.3, 0.4) is 0 Å². The number of ether oxygens (including phenoxy) is 1. The molecule has 0 spiro atoms. The maximum Gasteiger partial charge on any atom is 0.137 e. The van der Waals surface area contributed by atoms with E-state index in [0.717, 1.165) is 23.2 Å². The molecule has 3 heterocycles. The first-order valence-electron chi connectivity index (χ1n) is 6.89. The van der Waals surface area contributed by atoms with Gasteiger partial charge in [0.1, 0.15) is 11.4 Å². The molecule has 104 valence electrons. The third kappa shape index (κ3) is 2.05. The maximum absolute atomic E-state index is 5.26. The lowest BCUT2D eigenvalue weighted by Gasteiger charge is -2.03. The van der Waals surface area contributed by atoms with Crippen LogP contribution in [0.5, 0.6) is 5.75 Å². The molecule has 3 aromatic heterocycles. The zero-order valence-corrected chi connectivity index (χ0v) is 11.7. The summed E-state index contributed by atoms with van der Waals surface area (Å²) in [7, 11) is 1.66. The minimum Gasteiger partial charge on any atom is -0.495 e. The Balaban J connectivity index is 1.75. The van der Waals surface area contributed by atoms with E-state index < -0.39 is 0 Å². The van der Waals surface area contributed by atoms with E-state index >= 15 is 0 Å². The predicted molar refractivity (Wildman–Crippen MR) is 83.8 cm³/mol. The fourth-order valence-electron chi connectivity index (χ4n) is 2.72. The van der Waals surface area contributed by atoms with Gasteiger partial charge in [-0.15, -0.1) is 0 Å². The van der Waals surface area contributed by atoms with Crippen molar-refractivity contribution in [3.05, 3.63) is 60.0 Å². The average Bonchev–Trinajstić information content (AvgIpc) is 3.13. The standard InChI is InChI=1S/C17H15N3O/c1-21-14-8-15-13(9-19-17(15)20-10-14)6-11-2-3-12-4-5-18-16(12)7-11/h2-5,7-10,18H,6H2,1H3,(H,19,20). The predicted octanol–water partition coefficient (Wildman–Crippen LogP) is 3.64. The number of benzene rings is 1. The molecular weight excluding hydrogens is 262 g/mol. The molecule has 0 aliphatic carbocycles. The Hall–Kier alpha value is -2.75. The van der Waals surface area contributed by atoms with E-state index in [0.29, 0.717) is 0 Å². The second-order valence-electron chi connectivity index (χ2n) is 5.16. The summed E-state index contributed by atoms with van der Waals surface area (Å²) in [4.78, 5) is 10.8. The molecular formula is C17H15N3O. The van der Waals surface area contributed by atoms with Crippen molar-refractivity contribution in [2.45, 2.75) is 6.42 Å². The highest BCUT2D eigenvalue weighted by Gasteiger charge is 2.08. The molecule has 0 saturated heterocycles. The summed E-state index contributed by atoms with van der Waals surface area (Å²) in [6, 6.07) is 10.6. The molecule has 0 amide bonds. The van der Waals surface area contributed by atoms with Gasteiger partial charge < -0.3 is 14.7 Å². The van der Waals surface area contributed by atoms with Gasteiger partial charge in [-0.2, -0.15) is 0 Å². The van der Waals surface area contributed by atoms with E-state index in [2.05, 4.69) is 39.2 Å². The summed E-state index contributed by atoms with van der Waals surface area (Å²) >= 11 is 0. The number of rotatable bonds is 3.